The van der Waals surface area contributed by atoms with Crippen LogP contribution in [0, 0.1) is 0 Å². The van der Waals surface area contributed by atoms with Crippen molar-refractivity contribution in [3.05, 3.63) is 57.3 Å². The van der Waals surface area contributed by atoms with E-state index >= 15 is 0 Å². The second-order valence-corrected chi connectivity index (χ2v) is 5.32. The van der Waals surface area contributed by atoms with Gasteiger partial charge < -0.3 is 11.5 Å². The highest BCUT2D eigenvalue weighted by Gasteiger charge is 2.10. The van der Waals surface area contributed by atoms with Gasteiger partial charge in [-0.2, -0.15) is 0 Å². The lowest BCUT2D eigenvalue weighted by Crippen LogP contribution is -2.14. The Morgan fingerprint density at radius 3 is 2.78 bits per heavy atom. The van der Waals surface area contributed by atoms with Crippen molar-refractivity contribution in [2.24, 2.45) is 5.73 Å². The second-order valence-electron chi connectivity index (χ2n) is 4.06. The van der Waals surface area contributed by atoms with Crippen LogP contribution in [0.1, 0.15) is 17.2 Å². The maximum absolute atomic E-state index is 6.17. The van der Waals surface area contributed by atoms with Gasteiger partial charge in [0.2, 0.25) is 0 Å². The fourth-order valence-electron chi connectivity index (χ4n) is 1.71. The molecule has 1 aromatic carbocycles. The molecule has 1 heterocycles. The Bertz CT molecular complexity index is 560. The molecule has 18 heavy (non-hydrogen) atoms. The molecule has 1 atom stereocenters. The van der Waals surface area contributed by atoms with Crippen LogP contribution in [0.5, 0.6) is 0 Å². The van der Waals surface area contributed by atoms with Crippen molar-refractivity contribution in [3.63, 3.8) is 0 Å². The molecule has 1 unspecified atom stereocenters. The summed E-state index contributed by atoms with van der Waals surface area (Å²) in [4.78, 5) is 4.06. The quantitative estimate of drug-likeness (QED) is 0.909. The minimum absolute atomic E-state index is 0.134. The van der Waals surface area contributed by atoms with E-state index in [0.29, 0.717) is 17.1 Å². The number of anilines is 1. The van der Waals surface area contributed by atoms with Crippen LogP contribution in [0.4, 0.5) is 5.69 Å². The Kier molecular flexibility index (Phi) is 4.22. The summed E-state index contributed by atoms with van der Waals surface area (Å²) in [5.74, 6) is 0. The zero-order valence-electron chi connectivity index (χ0n) is 9.61. The molecule has 0 aliphatic rings. The van der Waals surface area contributed by atoms with Gasteiger partial charge in [0.1, 0.15) is 0 Å². The van der Waals surface area contributed by atoms with Gasteiger partial charge in [0, 0.05) is 28.6 Å². The van der Waals surface area contributed by atoms with Crippen molar-refractivity contribution in [1.82, 2.24) is 4.98 Å². The van der Waals surface area contributed by atoms with Crippen molar-refractivity contribution >= 4 is 33.2 Å². The monoisotopic (exact) mass is 325 g/mol. The first kappa shape index (κ1) is 13.3. The van der Waals surface area contributed by atoms with Gasteiger partial charge in [0.25, 0.3) is 0 Å². The molecule has 2 rings (SSSR count). The van der Waals surface area contributed by atoms with Crippen LogP contribution in [0.15, 0.2) is 41.1 Å². The topological polar surface area (TPSA) is 64.9 Å². The number of pyridine rings is 1. The molecule has 0 bridgehead atoms. The predicted molar refractivity (Wildman–Crippen MR) is 78.4 cm³/mol. The van der Waals surface area contributed by atoms with Crippen molar-refractivity contribution in [1.29, 1.82) is 0 Å². The molecule has 3 nitrogen and oxygen atoms in total. The fourth-order valence-corrected chi connectivity index (χ4v) is 2.22. The minimum atomic E-state index is -0.134. The van der Waals surface area contributed by atoms with E-state index in [1.807, 2.05) is 18.2 Å². The summed E-state index contributed by atoms with van der Waals surface area (Å²) in [5.41, 5.74) is 14.7. The molecule has 0 spiro atoms. The Morgan fingerprint density at radius 2 is 2.11 bits per heavy atom. The predicted octanol–water partition coefficient (Wildman–Crippen LogP) is 3.32. The van der Waals surface area contributed by atoms with Gasteiger partial charge in [-0.3, -0.25) is 4.98 Å². The first-order chi connectivity index (χ1) is 8.58. The van der Waals surface area contributed by atoms with Crippen LogP contribution in [-0.4, -0.2) is 4.98 Å². The first-order valence-electron chi connectivity index (χ1n) is 5.47. The van der Waals surface area contributed by atoms with Gasteiger partial charge in [-0.05, 0) is 51.7 Å². The SMILES string of the molecule is Nc1ccncc1CC(N)c1ccc(Cl)c(Br)c1. The Labute approximate surface area is 119 Å². The summed E-state index contributed by atoms with van der Waals surface area (Å²) in [6.45, 7) is 0. The van der Waals surface area contributed by atoms with Crippen molar-refractivity contribution in [2.75, 3.05) is 5.73 Å². The first-order valence-corrected chi connectivity index (χ1v) is 6.64. The lowest BCUT2D eigenvalue weighted by atomic mass is 10.00. The molecule has 0 aliphatic heterocycles. The number of rotatable bonds is 3. The van der Waals surface area contributed by atoms with Gasteiger partial charge >= 0.3 is 0 Å². The summed E-state index contributed by atoms with van der Waals surface area (Å²) < 4.78 is 0.844. The molecular formula is C13H13BrClN3. The van der Waals surface area contributed by atoms with Crippen molar-refractivity contribution < 1.29 is 0 Å². The van der Waals surface area contributed by atoms with Gasteiger partial charge in [0.15, 0.2) is 0 Å². The normalized spacial score (nSPS) is 12.4. The molecule has 0 radical (unpaired) electrons. The Morgan fingerprint density at radius 1 is 1.33 bits per heavy atom. The summed E-state index contributed by atoms with van der Waals surface area (Å²) >= 11 is 9.34. The smallest absolute Gasteiger partial charge is 0.0548 e. The average Bonchev–Trinajstić information content (AvgIpc) is 2.35. The Hall–Kier alpha value is -1.10. The number of nitrogen functional groups attached to an aromatic ring is 1. The molecule has 4 N–H and O–H groups in total. The van der Waals surface area contributed by atoms with E-state index in [-0.39, 0.29) is 6.04 Å². The van der Waals surface area contributed by atoms with Gasteiger partial charge in [-0.25, -0.2) is 0 Å². The number of nitrogens with two attached hydrogens (primary N) is 2. The molecule has 2 aromatic rings. The summed E-state index contributed by atoms with van der Waals surface area (Å²) in [6, 6.07) is 7.32. The molecule has 5 heteroatoms. The zero-order valence-corrected chi connectivity index (χ0v) is 11.9. The van der Waals surface area contributed by atoms with E-state index in [9.17, 15) is 0 Å². The standard InChI is InChI=1S/C13H13BrClN3/c14-10-5-8(1-2-11(10)15)13(17)6-9-7-18-4-3-12(9)16/h1-5,7,13H,6,17H2,(H2,16,18). The van der Waals surface area contributed by atoms with Crippen LogP contribution in [0.3, 0.4) is 0 Å². The summed E-state index contributed by atoms with van der Waals surface area (Å²) in [5, 5.41) is 0.673. The molecule has 94 valence electrons. The molecule has 0 fully saturated rings. The molecular weight excluding hydrogens is 314 g/mol. The van der Waals surface area contributed by atoms with Crippen LogP contribution in [-0.2, 0) is 6.42 Å². The van der Waals surface area contributed by atoms with Crippen molar-refractivity contribution in [2.45, 2.75) is 12.5 Å². The van der Waals surface area contributed by atoms with Gasteiger partial charge in [-0.15, -0.1) is 0 Å². The lowest BCUT2D eigenvalue weighted by molar-refractivity contribution is 0.720. The number of hydrogen-bond donors (Lipinski definition) is 2. The largest absolute Gasteiger partial charge is 0.398 e. The number of benzene rings is 1. The van der Waals surface area contributed by atoms with Crippen LogP contribution in [0.25, 0.3) is 0 Å². The third kappa shape index (κ3) is 3.02. The minimum Gasteiger partial charge on any atom is -0.398 e. The molecule has 0 saturated carbocycles. The Balaban J connectivity index is 2.19. The van der Waals surface area contributed by atoms with Crippen LogP contribution in [0.2, 0.25) is 5.02 Å². The molecule has 0 amide bonds. The third-order valence-corrected chi connectivity index (χ3v) is 3.97. The number of hydrogen-bond acceptors (Lipinski definition) is 3. The summed E-state index contributed by atoms with van der Waals surface area (Å²) in [6.07, 6.45) is 4.07. The van der Waals surface area contributed by atoms with E-state index < -0.39 is 0 Å². The second kappa shape index (κ2) is 5.69. The van der Waals surface area contributed by atoms with Crippen LogP contribution < -0.4 is 11.5 Å². The van der Waals surface area contributed by atoms with E-state index in [4.69, 9.17) is 23.1 Å². The van der Waals surface area contributed by atoms with E-state index in [1.54, 1.807) is 18.5 Å². The maximum Gasteiger partial charge on any atom is 0.0548 e. The molecule has 0 saturated heterocycles. The van der Waals surface area contributed by atoms with Gasteiger partial charge in [0.05, 0.1) is 5.02 Å². The maximum atomic E-state index is 6.17. The number of aromatic nitrogens is 1. The lowest BCUT2D eigenvalue weighted by Gasteiger charge is -2.14. The molecule has 1 aromatic heterocycles. The summed E-state index contributed by atoms with van der Waals surface area (Å²) in [7, 11) is 0. The highest BCUT2D eigenvalue weighted by atomic mass is 79.9. The molecule has 0 aliphatic carbocycles. The average molecular weight is 327 g/mol. The zero-order chi connectivity index (χ0) is 13.1. The van der Waals surface area contributed by atoms with E-state index in [0.717, 1.165) is 15.6 Å². The van der Waals surface area contributed by atoms with Crippen molar-refractivity contribution in [3.8, 4) is 0 Å². The number of nitrogens with zero attached hydrogens (tertiary/aromatic N) is 1. The van der Waals surface area contributed by atoms with Gasteiger partial charge in [-0.1, -0.05) is 17.7 Å². The third-order valence-electron chi connectivity index (χ3n) is 2.75. The number of halogens is 2. The fraction of sp³-hybridized carbons (Fsp3) is 0.154. The van der Waals surface area contributed by atoms with E-state index in [2.05, 4.69) is 20.9 Å². The highest BCUT2D eigenvalue weighted by molar-refractivity contribution is 9.10. The van der Waals surface area contributed by atoms with E-state index in [1.165, 1.54) is 0 Å². The van der Waals surface area contributed by atoms with Crippen LogP contribution >= 0.6 is 27.5 Å². The highest BCUT2D eigenvalue weighted by Crippen LogP contribution is 2.27.